The Hall–Kier alpha value is -1.12. The largest absolute Gasteiger partial charge is 0.550 e. The number of Topliss-reactive ketones (excluding diaryl/α,β-unsaturated/α-hetero) is 1. The van der Waals surface area contributed by atoms with Gasteiger partial charge in [-0.2, -0.15) is 0 Å². The van der Waals surface area contributed by atoms with Crippen molar-refractivity contribution >= 4 is 11.8 Å². The summed E-state index contributed by atoms with van der Waals surface area (Å²) < 4.78 is 0. The van der Waals surface area contributed by atoms with E-state index in [1.807, 2.05) is 12.2 Å². The van der Waals surface area contributed by atoms with E-state index in [4.69, 9.17) is 0 Å². The average Bonchev–Trinajstić information content (AvgIpc) is 2.01. The molecule has 0 N–H and O–H groups in total. The van der Waals surface area contributed by atoms with Crippen LogP contribution in [0.4, 0.5) is 0 Å². The van der Waals surface area contributed by atoms with Crippen LogP contribution in [0.2, 0.25) is 0 Å². The monoisotopic (exact) mass is 183 g/mol. The van der Waals surface area contributed by atoms with Crippen molar-refractivity contribution < 1.29 is 14.7 Å². The van der Waals surface area contributed by atoms with E-state index < -0.39 is 5.97 Å². The first-order valence-electron chi connectivity index (χ1n) is 4.47. The molecule has 0 aromatic carbocycles. The number of rotatable bonds is 7. The van der Waals surface area contributed by atoms with Gasteiger partial charge in [-0.3, -0.25) is 0 Å². The normalized spacial score (nSPS) is 10.5. The fourth-order valence-corrected chi connectivity index (χ4v) is 0.887. The van der Waals surface area contributed by atoms with Crippen LogP contribution in [0, 0.1) is 0 Å². The van der Waals surface area contributed by atoms with Gasteiger partial charge >= 0.3 is 0 Å². The van der Waals surface area contributed by atoms with Crippen LogP contribution < -0.4 is 5.11 Å². The molecule has 0 atom stereocenters. The number of hydrogen-bond acceptors (Lipinski definition) is 3. The minimum Gasteiger partial charge on any atom is -0.550 e. The molecular formula is C10H15O3-. The molecule has 0 aliphatic rings. The van der Waals surface area contributed by atoms with Crippen LogP contribution in [0.3, 0.4) is 0 Å². The van der Waals surface area contributed by atoms with Crippen molar-refractivity contribution in [2.75, 3.05) is 0 Å². The number of carboxylic acid groups (broad SMARTS) is 1. The van der Waals surface area contributed by atoms with Crippen LogP contribution in [0.5, 0.6) is 0 Å². The van der Waals surface area contributed by atoms with Gasteiger partial charge < -0.3 is 14.7 Å². The van der Waals surface area contributed by atoms with E-state index in [-0.39, 0.29) is 12.2 Å². The summed E-state index contributed by atoms with van der Waals surface area (Å²) in [5.74, 6) is -0.823. The van der Waals surface area contributed by atoms with Crippen LogP contribution in [-0.4, -0.2) is 11.8 Å². The van der Waals surface area contributed by atoms with Crippen LogP contribution in [0.25, 0.3) is 0 Å². The summed E-state index contributed by atoms with van der Waals surface area (Å²) in [6.07, 6.45) is 6.60. The van der Waals surface area contributed by atoms with Crippen molar-refractivity contribution in [1.82, 2.24) is 0 Å². The zero-order valence-electron chi connectivity index (χ0n) is 7.91. The van der Waals surface area contributed by atoms with E-state index in [1.54, 1.807) is 6.92 Å². The van der Waals surface area contributed by atoms with Gasteiger partial charge in [-0.1, -0.05) is 12.2 Å². The van der Waals surface area contributed by atoms with Gasteiger partial charge in [0.15, 0.2) is 0 Å². The zero-order chi connectivity index (χ0) is 10.1. The molecule has 0 unspecified atom stereocenters. The third-order valence-corrected chi connectivity index (χ3v) is 1.58. The second-order valence-electron chi connectivity index (χ2n) is 2.98. The Kier molecular flexibility index (Phi) is 6.88. The lowest BCUT2D eigenvalue weighted by Gasteiger charge is -1.97. The maximum absolute atomic E-state index is 10.5. The van der Waals surface area contributed by atoms with E-state index in [2.05, 4.69) is 0 Å². The van der Waals surface area contributed by atoms with Gasteiger partial charge in [0.05, 0.1) is 0 Å². The summed E-state index contributed by atoms with van der Waals surface area (Å²) in [7, 11) is 0. The Balaban J connectivity index is 3.22. The number of carbonyl (C=O) groups is 2. The summed E-state index contributed by atoms with van der Waals surface area (Å²) in [5.41, 5.74) is 0. The van der Waals surface area contributed by atoms with Crippen LogP contribution in [0.15, 0.2) is 12.2 Å². The maximum atomic E-state index is 10.5. The highest BCUT2D eigenvalue weighted by atomic mass is 16.4. The summed E-state index contributed by atoms with van der Waals surface area (Å²) >= 11 is 0. The predicted molar refractivity (Wildman–Crippen MR) is 47.9 cm³/mol. The van der Waals surface area contributed by atoms with Gasteiger partial charge in [0.2, 0.25) is 0 Å². The number of carbonyl (C=O) groups excluding carboxylic acids is 2. The second kappa shape index (κ2) is 7.53. The van der Waals surface area contributed by atoms with Gasteiger partial charge in [-0.15, -0.1) is 0 Å². The summed E-state index contributed by atoms with van der Waals surface area (Å²) in [4.78, 5) is 20.5. The Bertz CT molecular complexity index is 194. The number of ketones is 1. The quantitative estimate of drug-likeness (QED) is 0.434. The van der Waals surface area contributed by atoms with Gasteiger partial charge in [-0.05, 0) is 32.6 Å². The topological polar surface area (TPSA) is 57.2 Å². The lowest BCUT2D eigenvalue weighted by molar-refractivity contribution is -0.305. The molecule has 0 aliphatic carbocycles. The first-order chi connectivity index (χ1) is 6.13. The van der Waals surface area contributed by atoms with Gasteiger partial charge in [0, 0.05) is 12.4 Å². The first-order valence-corrected chi connectivity index (χ1v) is 4.47. The molecule has 0 amide bonds. The fourth-order valence-electron chi connectivity index (χ4n) is 0.887. The highest BCUT2D eigenvalue weighted by molar-refractivity contribution is 5.75. The lowest BCUT2D eigenvalue weighted by atomic mass is 10.2. The molecule has 0 fully saturated rings. The second-order valence-corrected chi connectivity index (χ2v) is 2.98. The summed E-state index contributed by atoms with van der Waals surface area (Å²) in [6.45, 7) is 1.56. The van der Waals surface area contributed by atoms with Gasteiger partial charge in [0.1, 0.15) is 5.78 Å². The van der Waals surface area contributed by atoms with Crippen LogP contribution >= 0.6 is 0 Å². The number of hydrogen-bond donors (Lipinski definition) is 0. The standard InChI is InChI=1S/C10H16O3/c1-9(11)7-5-3-2-4-6-8-10(12)13/h2-3H,4-8H2,1H3,(H,12,13)/p-1/b3-2-. The van der Waals surface area contributed by atoms with E-state index in [0.717, 1.165) is 12.8 Å². The third-order valence-electron chi connectivity index (χ3n) is 1.58. The molecular weight excluding hydrogens is 168 g/mol. The molecule has 0 radical (unpaired) electrons. The Morgan fingerprint density at radius 1 is 1.15 bits per heavy atom. The maximum Gasteiger partial charge on any atom is 0.130 e. The Morgan fingerprint density at radius 2 is 1.77 bits per heavy atom. The highest BCUT2D eigenvalue weighted by Crippen LogP contribution is 1.98. The van der Waals surface area contributed by atoms with Crippen molar-refractivity contribution in [3.63, 3.8) is 0 Å². The highest BCUT2D eigenvalue weighted by Gasteiger charge is 1.88. The molecule has 0 spiro atoms. The fraction of sp³-hybridized carbons (Fsp3) is 0.600. The Morgan fingerprint density at radius 3 is 2.31 bits per heavy atom. The van der Waals surface area contributed by atoms with E-state index in [1.165, 1.54) is 0 Å². The molecule has 0 aromatic rings. The summed E-state index contributed by atoms with van der Waals surface area (Å²) in [5, 5.41) is 10.00. The van der Waals surface area contributed by atoms with Crippen molar-refractivity contribution in [3.8, 4) is 0 Å². The minimum atomic E-state index is -1.00. The molecule has 0 bridgehead atoms. The average molecular weight is 183 g/mol. The summed E-state index contributed by atoms with van der Waals surface area (Å²) in [6, 6.07) is 0. The van der Waals surface area contributed by atoms with Gasteiger partial charge in [-0.25, -0.2) is 0 Å². The molecule has 3 nitrogen and oxygen atoms in total. The zero-order valence-corrected chi connectivity index (χ0v) is 7.91. The smallest absolute Gasteiger partial charge is 0.130 e. The van der Waals surface area contributed by atoms with Crippen molar-refractivity contribution in [3.05, 3.63) is 12.2 Å². The molecule has 0 rings (SSSR count). The molecule has 0 aliphatic heterocycles. The van der Waals surface area contributed by atoms with E-state index in [0.29, 0.717) is 12.8 Å². The number of unbranched alkanes of at least 4 members (excludes halogenated alkanes) is 1. The molecule has 13 heavy (non-hydrogen) atoms. The van der Waals surface area contributed by atoms with Crippen LogP contribution in [-0.2, 0) is 9.59 Å². The minimum absolute atomic E-state index is 0.108. The number of aliphatic carboxylic acids is 1. The molecule has 74 valence electrons. The predicted octanol–water partition coefficient (Wildman–Crippen LogP) is 0.832. The molecule has 0 heterocycles. The van der Waals surface area contributed by atoms with Crippen LogP contribution in [0.1, 0.15) is 39.0 Å². The third kappa shape index (κ3) is 10.9. The van der Waals surface area contributed by atoms with E-state index in [9.17, 15) is 14.7 Å². The lowest BCUT2D eigenvalue weighted by Crippen LogP contribution is -2.21. The van der Waals surface area contributed by atoms with Crippen molar-refractivity contribution in [2.24, 2.45) is 0 Å². The molecule has 0 saturated heterocycles. The molecule has 0 aromatic heterocycles. The van der Waals surface area contributed by atoms with Crippen molar-refractivity contribution in [1.29, 1.82) is 0 Å². The molecule has 3 heteroatoms. The SMILES string of the molecule is CC(=O)CC/C=C\CCCC(=O)[O-]. The van der Waals surface area contributed by atoms with E-state index >= 15 is 0 Å². The number of carboxylic acids is 1. The first kappa shape index (κ1) is 11.9. The molecule has 0 saturated carbocycles. The van der Waals surface area contributed by atoms with Gasteiger partial charge in [0.25, 0.3) is 0 Å². The van der Waals surface area contributed by atoms with Crippen molar-refractivity contribution in [2.45, 2.75) is 39.0 Å². The Labute approximate surface area is 78.5 Å². The number of allylic oxidation sites excluding steroid dienone is 2.